The Bertz CT molecular complexity index is 720. The summed E-state index contributed by atoms with van der Waals surface area (Å²) in [4.78, 5) is 15.5. The lowest BCUT2D eigenvalue weighted by atomic mass is 10.1. The second-order valence-corrected chi connectivity index (χ2v) is 8.11. The minimum absolute atomic E-state index is 0.0251. The number of carbonyl (C=O) groups is 1. The zero-order chi connectivity index (χ0) is 18.3. The summed E-state index contributed by atoms with van der Waals surface area (Å²) >= 11 is 3.50. The van der Waals surface area contributed by atoms with E-state index in [1.54, 1.807) is 6.21 Å². The highest BCUT2D eigenvalue weighted by atomic mass is 79.9. The van der Waals surface area contributed by atoms with Crippen LogP contribution in [0.15, 0.2) is 27.8 Å². The van der Waals surface area contributed by atoms with Gasteiger partial charge in [0.15, 0.2) is 6.04 Å². The highest BCUT2D eigenvalue weighted by molar-refractivity contribution is 9.10. The van der Waals surface area contributed by atoms with Crippen LogP contribution in [-0.2, 0) is 14.3 Å². The van der Waals surface area contributed by atoms with Gasteiger partial charge in [-0.3, -0.25) is 9.80 Å². The number of hydrogen-bond acceptors (Lipinski definition) is 5. The standard InChI is InChI=1S/C19H24BrN3O3/c1-12-9-14(20)6-7-15(12)22-13(2)11-26-16-10-21-23(18(16)19(22)24)17-5-3-4-8-25-17/h6-7,9-10,13,16-18H,3-5,8,11H2,1-2H3. The number of anilines is 1. The van der Waals surface area contributed by atoms with Crippen LogP contribution in [0.1, 0.15) is 31.7 Å². The molecule has 3 aliphatic rings. The molecule has 0 N–H and O–H groups in total. The summed E-state index contributed by atoms with van der Waals surface area (Å²) in [6.07, 6.45) is 4.33. The Hall–Kier alpha value is -1.44. The number of rotatable bonds is 2. The predicted molar refractivity (Wildman–Crippen MR) is 103 cm³/mol. The van der Waals surface area contributed by atoms with Gasteiger partial charge >= 0.3 is 0 Å². The molecule has 4 unspecified atom stereocenters. The van der Waals surface area contributed by atoms with Gasteiger partial charge in [-0.05, 0) is 56.9 Å². The normalized spacial score (nSPS) is 31.9. The van der Waals surface area contributed by atoms with E-state index in [0.29, 0.717) is 6.61 Å². The molecule has 0 aliphatic carbocycles. The van der Waals surface area contributed by atoms with E-state index >= 15 is 0 Å². The molecule has 4 rings (SSSR count). The van der Waals surface area contributed by atoms with E-state index in [9.17, 15) is 4.79 Å². The first-order valence-electron chi connectivity index (χ1n) is 9.21. The first-order chi connectivity index (χ1) is 12.6. The third kappa shape index (κ3) is 3.17. The molecule has 2 saturated heterocycles. The lowest BCUT2D eigenvalue weighted by molar-refractivity contribution is -0.140. The van der Waals surface area contributed by atoms with Crippen molar-refractivity contribution < 1.29 is 14.3 Å². The van der Waals surface area contributed by atoms with Gasteiger partial charge in [-0.25, -0.2) is 0 Å². The maximum atomic E-state index is 13.6. The Morgan fingerprint density at radius 2 is 2.12 bits per heavy atom. The van der Waals surface area contributed by atoms with Crippen LogP contribution < -0.4 is 4.90 Å². The van der Waals surface area contributed by atoms with Crippen molar-refractivity contribution in [2.45, 2.75) is 57.5 Å². The van der Waals surface area contributed by atoms with Gasteiger partial charge in [0.2, 0.25) is 0 Å². The molecule has 0 radical (unpaired) electrons. The van der Waals surface area contributed by atoms with Gasteiger partial charge in [-0.2, -0.15) is 5.10 Å². The highest BCUT2D eigenvalue weighted by Crippen LogP contribution is 2.32. The van der Waals surface area contributed by atoms with Crippen LogP contribution in [0.25, 0.3) is 0 Å². The molecule has 7 heteroatoms. The summed E-state index contributed by atoms with van der Waals surface area (Å²) in [5.41, 5.74) is 1.98. The van der Waals surface area contributed by atoms with Crippen LogP contribution >= 0.6 is 15.9 Å². The molecule has 4 atom stereocenters. The number of amides is 1. The summed E-state index contributed by atoms with van der Waals surface area (Å²) in [7, 11) is 0. The molecule has 140 valence electrons. The van der Waals surface area contributed by atoms with E-state index in [1.165, 1.54) is 0 Å². The van der Waals surface area contributed by atoms with Crippen molar-refractivity contribution >= 4 is 33.7 Å². The molecule has 1 aromatic carbocycles. The molecule has 1 aromatic rings. The molecule has 6 nitrogen and oxygen atoms in total. The SMILES string of the molecule is Cc1cc(Br)ccc1N1C(=O)C2C(C=NN2C2CCCCO2)OCC1C. The second-order valence-electron chi connectivity index (χ2n) is 7.20. The number of benzene rings is 1. The van der Waals surface area contributed by atoms with E-state index in [-0.39, 0.29) is 24.3 Å². The van der Waals surface area contributed by atoms with Crippen LogP contribution in [0.3, 0.4) is 0 Å². The number of nitrogens with zero attached hydrogens (tertiary/aromatic N) is 3. The minimum atomic E-state index is -0.467. The lowest BCUT2D eigenvalue weighted by Gasteiger charge is -2.36. The zero-order valence-corrected chi connectivity index (χ0v) is 16.7. The van der Waals surface area contributed by atoms with Crippen molar-refractivity contribution in [2.24, 2.45) is 5.10 Å². The van der Waals surface area contributed by atoms with Gasteiger partial charge in [-0.15, -0.1) is 0 Å². The van der Waals surface area contributed by atoms with Crippen molar-refractivity contribution in [1.82, 2.24) is 5.01 Å². The Morgan fingerprint density at radius 1 is 1.27 bits per heavy atom. The molecule has 0 bridgehead atoms. The van der Waals surface area contributed by atoms with Gasteiger partial charge in [0.05, 0.1) is 18.9 Å². The average Bonchev–Trinajstić information content (AvgIpc) is 3.01. The number of hydrogen-bond donors (Lipinski definition) is 0. The number of hydrazone groups is 1. The molecule has 2 fully saturated rings. The number of halogens is 1. The van der Waals surface area contributed by atoms with Gasteiger partial charge in [0, 0.05) is 16.8 Å². The fourth-order valence-corrected chi connectivity index (χ4v) is 4.43. The maximum absolute atomic E-state index is 13.6. The van der Waals surface area contributed by atoms with Crippen LogP contribution in [0, 0.1) is 6.92 Å². The van der Waals surface area contributed by atoms with Crippen LogP contribution in [-0.4, -0.2) is 54.8 Å². The quantitative estimate of drug-likeness (QED) is 0.735. The van der Waals surface area contributed by atoms with Crippen LogP contribution in [0.5, 0.6) is 0 Å². The number of ether oxygens (including phenoxy) is 2. The molecule has 3 aliphatic heterocycles. The van der Waals surface area contributed by atoms with Gasteiger partial charge in [0.1, 0.15) is 12.3 Å². The molecule has 26 heavy (non-hydrogen) atoms. The third-order valence-electron chi connectivity index (χ3n) is 5.27. The summed E-state index contributed by atoms with van der Waals surface area (Å²) in [5, 5.41) is 6.31. The Morgan fingerprint density at radius 3 is 2.85 bits per heavy atom. The molecular formula is C19H24BrN3O3. The monoisotopic (exact) mass is 421 g/mol. The Balaban J connectivity index is 1.67. The average molecular weight is 422 g/mol. The number of aryl methyl sites for hydroxylation is 1. The van der Waals surface area contributed by atoms with Gasteiger partial charge in [-0.1, -0.05) is 15.9 Å². The summed E-state index contributed by atoms with van der Waals surface area (Å²) < 4.78 is 12.9. The first-order valence-corrected chi connectivity index (χ1v) is 10.0. The Kier molecular flexibility index (Phi) is 5.03. The summed E-state index contributed by atoms with van der Waals surface area (Å²) in [6, 6.07) is 5.48. The molecule has 1 amide bonds. The largest absolute Gasteiger partial charge is 0.368 e. The summed E-state index contributed by atoms with van der Waals surface area (Å²) in [6.45, 7) is 5.25. The predicted octanol–water partition coefficient (Wildman–Crippen LogP) is 3.07. The smallest absolute Gasteiger partial charge is 0.254 e. The van der Waals surface area contributed by atoms with E-state index in [1.807, 2.05) is 42.0 Å². The van der Waals surface area contributed by atoms with E-state index in [2.05, 4.69) is 21.0 Å². The topological polar surface area (TPSA) is 54.4 Å². The third-order valence-corrected chi connectivity index (χ3v) is 5.77. The summed E-state index contributed by atoms with van der Waals surface area (Å²) in [5.74, 6) is 0.0251. The molecule has 0 aromatic heterocycles. The van der Waals surface area contributed by atoms with E-state index < -0.39 is 6.04 Å². The van der Waals surface area contributed by atoms with Crippen molar-refractivity contribution in [3.8, 4) is 0 Å². The number of carbonyl (C=O) groups excluding carboxylic acids is 1. The van der Waals surface area contributed by atoms with Gasteiger partial charge < -0.3 is 14.4 Å². The molecular weight excluding hydrogens is 398 g/mol. The fourth-order valence-electron chi connectivity index (χ4n) is 3.95. The van der Waals surface area contributed by atoms with E-state index in [4.69, 9.17) is 9.47 Å². The van der Waals surface area contributed by atoms with Crippen molar-refractivity contribution in [3.05, 3.63) is 28.2 Å². The zero-order valence-electron chi connectivity index (χ0n) is 15.1. The molecule has 3 heterocycles. The lowest BCUT2D eigenvalue weighted by Crippen LogP contribution is -2.54. The van der Waals surface area contributed by atoms with Crippen molar-refractivity contribution in [3.63, 3.8) is 0 Å². The minimum Gasteiger partial charge on any atom is -0.368 e. The van der Waals surface area contributed by atoms with E-state index in [0.717, 1.165) is 41.6 Å². The number of fused-ring (bicyclic) bond motifs is 1. The van der Waals surface area contributed by atoms with Crippen LogP contribution in [0.4, 0.5) is 5.69 Å². The van der Waals surface area contributed by atoms with Gasteiger partial charge in [0.25, 0.3) is 5.91 Å². The van der Waals surface area contributed by atoms with Crippen molar-refractivity contribution in [2.75, 3.05) is 18.1 Å². The Labute approximate surface area is 162 Å². The maximum Gasteiger partial charge on any atom is 0.254 e. The molecule has 0 spiro atoms. The highest BCUT2D eigenvalue weighted by Gasteiger charge is 2.47. The second kappa shape index (κ2) is 7.29. The fraction of sp³-hybridized carbons (Fsp3) is 0.579. The molecule has 0 saturated carbocycles. The first kappa shape index (κ1) is 17.9. The van der Waals surface area contributed by atoms with Crippen LogP contribution in [0.2, 0.25) is 0 Å². The van der Waals surface area contributed by atoms with Crippen molar-refractivity contribution in [1.29, 1.82) is 0 Å².